The second-order valence-electron chi connectivity index (χ2n) is 6.16. The fourth-order valence-electron chi connectivity index (χ4n) is 2.70. The van der Waals surface area contributed by atoms with Gasteiger partial charge in [0.25, 0.3) is 0 Å². The predicted molar refractivity (Wildman–Crippen MR) is 99.8 cm³/mol. The molecule has 2 N–H and O–H groups in total. The third-order valence-electron chi connectivity index (χ3n) is 4.08. The van der Waals surface area contributed by atoms with E-state index in [9.17, 15) is 17.2 Å². The van der Waals surface area contributed by atoms with Crippen molar-refractivity contribution in [2.24, 2.45) is 0 Å². The number of halogens is 2. The number of aryl methyl sites for hydroxylation is 1. The molecule has 0 unspecified atom stereocenters. The smallest absolute Gasteiger partial charge is 0.240 e. The fourth-order valence-corrected chi connectivity index (χ4v) is 3.74. The van der Waals surface area contributed by atoms with Crippen LogP contribution in [0.2, 0.25) is 0 Å². The molecule has 0 saturated carbocycles. The predicted octanol–water partition coefficient (Wildman–Crippen LogP) is 1.29. The number of nitrogens with zero attached hydrogens (tertiary/aromatic N) is 3. The van der Waals surface area contributed by atoms with Crippen LogP contribution in [0.25, 0.3) is 0 Å². The van der Waals surface area contributed by atoms with Gasteiger partial charge in [0.15, 0.2) is 11.6 Å². The van der Waals surface area contributed by atoms with Gasteiger partial charge in [0.1, 0.15) is 17.5 Å². The molecule has 1 aromatic carbocycles. The molecule has 11 heteroatoms. The van der Waals surface area contributed by atoms with E-state index < -0.39 is 21.7 Å². The highest BCUT2D eigenvalue weighted by Crippen LogP contribution is 2.17. The molecule has 0 bridgehead atoms. The summed E-state index contributed by atoms with van der Waals surface area (Å²) in [4.78, 5) is 10.5. The van der Waals surface area contributed by atoms with Crippen LogP contribution in [-0.2, 0) is 14.8 Å². The first-order valence-corrected chi connectivity index (χ1v) is 10.2. The summed E-state index contributed by atoms with van der Waals surface area (Å²) in [5.41, 5.74) is 0. The zero-order valence-corrected chi connectivity index (χ0v) is 16.1. The first-order valence-electron chi connectivity index (χ1n) is 8.72. The summed E-state index contributed by atoms with van der Waals surface area (Å²) in [5, 5.41) is 3.04. The van der Waals surface area contributed by atoms with Crippen molar-refractivity contribution in [3.8, 4) is 0 Å². The van der Waals surface area contributed by atoms with Gasteiger partial charge in [-0.2, -0.15) is 0 Å². The lowest BCUT2D eigenvalue weighted by Crippen LogP contribution is -2.37. The van der Waals surface area contributed by atoms with Gasteiger partial charge >= 0.3 is 0 Å². The Bertz CT molecular complexity index is 936. The quantitative estimate of drug-likeness (QED) is 0.661. The van der Waals surface area contributed by atoms with E-state index in [0.29, 0.717) is 30.9 Å². The van der Waals surface area contributed by atoms with Crippen LogP contribution < -0.4 is 14.9 Å². The molecule has 2 aromatic rings. The standard InChI is InChI=1S/C17H21F2N5O3S/c1-12-22-16(11-17(23-12)24-6-8-27-9-7-24)20-4-5-21-28(25,26)13-2-3-14(18)15(19)10-13/h2-3,10-11,21H,4-9H2,1H3,(H,20,22,23). The van der Waals surface area contributed by atoms with E-state index in [4.69, 9.17) is 4.74 Å². The number of anilines is 2. The molecule has 1 fully saturated rings. The molecule has 2 heterocycles. The van der Waals surface area contributed by atoms with Gasteiger partial charge < -0.3 is 15.0 Å². The number of hydrogen-bond donors (Lipinski definition) is 2. The average Bonchev–Trinajstić information content (AvgIpc) is 2.67. The number of morpholine rings is 1. The number of benzene rings is 1. The largest absolute Gasteiger partial charge is 0.378 e. The summed E-state index contributed by atoms with van der Waals surface area (Å²) in [7, 11) is -3.94. The Morgan fingerprint density at radius 3 is 2.57 bits per heavy atom. The summed E-state index contributed by atoms with van der Waals surface area (Å²) >= 11 is 0. The monoisotopic (exact) mass is 413 g/mol. The number of ether oxygens (including phenoxy) is 1. The van der Waals surface area contributed by atoms with E-state index in [2.05, 4.69) is 24.9 Å². The molecular formula is C17H21F2N5O3S. The van der Waals surface area contributed by atoms with Gasteiger partial charge in [-0.3, -0.25) is 0 Å². The minimum absolute atomic E-state index is 0.0390. The van der Waals surface area contributed by atoms with E-state index in [0.717, 1.165) is 31.0 Å². The van der Waals surface area contributed by atoms with Gasteiger partial charge in [-0.15, -0.1) is 0 Å². The van der Waals surface area contributed by atoms with Crippen LogP contribution in [0.15, 0.2) is 29.2 Å². The Hall–Kier alpha value is -2.37. The number of aromatic nitrogens is 2. The number of hydrogen-bond acceptors (Lipinski definition) is 7. The Morgan fingerprint density at radius 2 is 1.86 bits per heavy atom. The Morgan fingerprint density at radius 1 is 1.11 bits per heavy atom. The third-order valence-corrected chi connectivity index (χ3v) is 5.54. The lowest BCUT2D eigenvalue weighted by molar-refractivity contribution is 0.122. The Labute approximate surface area is 162 Å². The number of sulfonamides is 1. The molecular weight excluding hydrogens is 392 g/mol. The molecule has 152 valence electrons. The van der Waals surface area contributed by atoms with Gasteiger partial charge in [-0.25, -0.2) is 31.9 Å². The Kier molecular flexibility index (Phi) is 6.37. The van der Waals surface area contributed by atoms with Crippen molar-refractivity contribution >= 4 is 21.7 Å². The molecule has 1 saturated heterocycles. The lowest BCUT2D eigenvalue weighted by Gasteiger charge is -2.28. The molecule has 0 aliphatic carbocycles. The minimum atomic E-state index is -3.94. The van der Waals surface area contributed by atoms with Crippen molar-refractivity contribution in [2.45, 2.75) is 11.8 Å². The van der Waals surface area contributed by atoms with Crippen LogP contribution in [0, 0.1) is 18.6 Å². The molecule has 1 aromatic heterocycles. The number of rotatable bonds is 7. The average molecular weight is 413 g/mol. The van der Waals surface area contributed by atoms with E-state index in [1.165, 1.54) is 0 Å². The first kappa shape index (κ1) is 20.4. The molecule has 0 atom stereocenters. The maximum Gasteiger partial charge on any atom is 0.240 e. The molecule has 1 aliphatic heterocycles. The maximum atomic E-state index is 13.2. The van der Waals surface area contributed by atoms with Gasteiger partial charge in [0.05, 0.1) is 18.1 Å². The van der Waals surface area contributed by atoms with Gasteiger partial charge in [-0.1, -0.05) is 0 Å². The fraction of sp³-hybridized carbons (Fsp3) is 0.412. The number of nitrogens with one attached hydrogen (secondary N) is 2. The molecule has 3 rings (SSSR count). The zero-order valence-electron chi connectivity index (χ0n) is 15.3. The summed E-state index contributed by atoms with van der Waals surface area (Å²) in [6, 6.07) is 4.23. The highest BCUT2D eigenvalue weighted by Gasteiger charge is 2.16. The van der Waals surface area contributed by atoms with Crippen LogP contribution in [0.5, 0.6) is 0 Å². The van der Waals surface area contributed by atoms with E-state index >= 15 is 0 Å². The van der Waals surface area contributed by atoms with E-state index in [-0.39, 0.29) is 18.0 Å². The van der Waals surface area contributed by atoms with Crippen molar-refractivity contribution < 1.29 is 21.9 Å². The molecule has 28 heavy (non-hydrogen) atoms. The molecule has 8 nitrogen and oxygen atoms in total. The van der Waals surface area contributed by atoms with Crippen molar-refractivity contribution in [3.63, 3.8) is 0 Å². The van der Waals surface area contributed by atoms with E-state index in [1.807, 2.05) is 0 Å². The summed E-state index contributed by atoms with van der Waals surface area (Å²) < 4.78 is 58.2. The van der Waals surface area contributed by atoms with Crippen LogP contribution in [0.1, 0.15) is 5.82 Å². The van der Waals surface area contributed by atoms with Gasteiger partial charge in [0.2, 0.25) is 10.0 Å². The normalized spacial score (nSPS) is 14.9. The molecule has 0 radical (unpaired) electrons. The van der Waals surface area contributed by atoms with Crippen LogP contribution in [-0.4, -0.2) is 57.8 Å². The van der Waals surface area contributed by atoms with Crippen LogP contribution >= 0.6 is 0 Å². The highest BCUT2D eigenvalue weighted by molar-refractivity contribution is 7.89. The second kappa shape index (κ2) is 8.76. The summed E-state index contributed by atoms with van der Waals surface area (Å²) in [6.07, 6.45) is 0. The Balaban J connectivity index is 1.57. The first-order chi connectivity index (χ1) is 13.3. The lowest BCUT2D eigenvalue weighted by atomic mass is 10.3. The third kappa shape index (κ3) is 5.12. The van der Waals surface area contributed by atoms with Crippen LogP contribution in [0.3, 0.4) is 0 Å². The van der Waals surface area contributed by atoms with Crippen LogP contribution in [0.4, 0.5) is 20.4 Å². The molecule has 0 spiro atoms. The SMILES string of the molecule is Cc1nc(NCCNS(=O)(=O)c2ccc(F)c(F)c2)cc(N2CCOCC2)n1. The molecule has 1 aliphatic rings. The van der Waals surface area contributed by atoms with Crippen molar-refractivity contribution in [1.29, 1.82) is 0 Å². The van der Waals surface area contributed by atoms with Gasteiger partial charge in [-0.05, 0) is 25.1 Å². The topological polar surface area (TPSA) is 96.5 Å². The highest BCUT2D eigenvalue weighted by atomic mass is 32.2. The molecule has 0 amide bonds. The van der Waals surface area contributed by atoms with Crippen molar-refractivity contribution in [1.82, 2.24) is 14.7 Å². The van der Waals surface area contributed by atoms with Gasteiger partial charge in [0, 0.05) is 32.2 Å². The van der Waals surface area contributed by atoms with Crippen molar-refractivity contribution in [3.05, 3.63) is 41.7 Å². The zero-order chi connectivity index (χ0) is 20.1. The summed E-state index contributed by atoms with van der Waals surface area (Å²) in [5.74, 6) is -0.375. The second-order valence-corrected chi connectivity index (χ2v) is 7.93. The van der Waals surface area contributed by atoms with E-state index in [1.54, 1.807) is 13.0 Å². The minimum Gasteiger partial charge on any atom is -0.378 e. The summed E-state index contributed by atoms with van der Waals surface area (Å²) in [6.45, 7) is 4.82. The maximum absolute atomic E-state index is 13.2. The van der Waals surface area contributed by atoms with Crippen molar-refractivity contribution in [2.75, 3.05) is 49.6 Å².